The molecule has 0 aromatic carbocycles. The maximum atomic E-state index is 6.96. The zero-order valence-corrected chi connectivity index (χ0v) is 4.68. The first kappa shape index (κ1) is 2.78. The molecular formula is C5H5ClN2. The molecule has 0 fully saturated rings. The van der Waals surface area contributed by atoms with Gasteiger partial charge in [0.1, 0.15) is 5.15 Å². The Kier molecular flexibility index (Phi) is 0.727. The largest absolute Gasteiger partial charge is 0.257 e. The molecule has 0 atom stereocenters. The van der Waals surface area contributed by atoms with Gasteiger partial charge in [-0.05, 0) is 6.85 Å². The van der Waals surface area contributed by atoms with Crippen molar-refractivity contribution in [2.75, 3.05) is 0 Å². The van der Waals surface area contributed by atoms with E-state index in [1.807, 2.05) is 0 Å². The molecule has 0 N–H and O–H groups in total. The topological polar surface area (TPSA) is 25.8 Å². The Morgan fingerprint density at radius 2 is 2.38 bits per heavy atom. The number of hydrogen-bond acceptors (Lipinski definition) is 2. The molecule has 42 valence electrons. The number of hydrogen-bond donors (Lipinski definition) is 0. The highest BCUT2D eigenvalue weighted by atomic mass is 35.5. The van der Waals surface area contributed by atoms with Crippen molar-refractivity contribution in [3.8, 4) is 0 Å². The summed E-state index contributed by atoms with van der Waals surface area (Å²) in [4.78, 5) is 7.18. The van der Waals surface area contributed by atoms with Crippen molar-refractivity contribution in [2.45, 2.75) is 6.85 Å². The number of aromatic nitrogens is 2. The van der Waals surface area contributed by atoms with Crippen LogP contribution < -0.4 is 0 Å². The third-order valence-electron chi connectivity index (χ3n) is 0.654. The molecule has 0 radical (unpaired) electrons. The van der Waals surface area contributed by atoms with Crippen molar-refractivity contribution < 1.29 is 4.11 Å². The Morgan fingerprint density at radius 1 is 1.62 bits per heavy atom. The van der Waals surface area contributed by atoms with Crippen LogP contribution in [0.4, 0.5) is 0 Å². The van der Waals surface area contributed by atoms with E-state index in [0.29, 0.717) is 0 Å². The summed E-state index contributed by atoms with van der Waals surface area (Å²) in [6.07, 6.45) is 2.64. The molecule has 8 heavy (non-hydrogen) atoms. The van der Waals surface area contributed by atoms with Gasteiger partial charge in [-0.1, -0.05) is 11.6 Å². The van der Waals surface area contributed by atoms with E-state index in [-0.39, 0.29) is 10.8 Å². The molecule has 0 saturated carbocycles. The highest BCUT2D eigenvalue weighted by molar-refractivity contribution is 6.29. The monoisotopic (exact) mass is 131 g/mol. The predicted octanol–water partition coefficient (Wildman–Crippen LogP) is 1.44. The van der Waals surface area contributed by atoms with Crippen molar-refractivity contribution in [1.29, 1.82) is 0 Å². The average Bonchev–Trinajstić information content (AvgIpc) is 1.86. The third kappa shape index (κ3) is 0.954. The van der Waals surface area contributed by atoms with Crippen LogP contribution in [0.1, 0.15) is 9.81 Å². The Balaban J connectivity index is 3.14. The molecule has 0 amide bonds. The SMILES string of the molecule is [2H]C([2H])([2H])c1nccnc1Cl. The van der Waals surface area contributed by atoms with Crippen LogP contribution in [0.5, 0.6) is 0 Å². The molecular weight excluding hydrogens is 124 g/mol. The zero-order valence-electron chi connectivity index (χ0n) is 6.93. The lowest BCUT2D eigenvalue weighted by atomic mass is 10.5. The highest BCUT2D eigenvalue weighted by Gasteiger charge is 1.90. The molecule has 0 spiro atoms. The Bertz CT molecular complexity index is 260. The summed E-state index contributed by atoms with van der Waals surface area (Å²) >= 11 is 5.48. The first-order valence-electron chi connectivity index (χ1n) is 3.49. The minimum atomic E-state index is -2.27. The van der Waals surface area contributed by atoms with Crippen molar-refractivity contribution in [3.63, 3.8) is 0 Å². The van der Waals surface area contributed by atoms with E-state index in [4.69, 9.17) is 15.7 Å². The fraction of sp³-hybridized carbons (Fsp3) is 0.200. The second kappa shape index (κ2) is 2.09. The van der Waals surface area contributed by atoms with E-state index in [0.717, 1.165) is 0 Å². The van der Waals surface area contributed by atoms with E-state index in [9.17, 15) is 0 Å². The molecule has 0 saturated heterocycles. The lowest BCUT2D eigenvalue weighted by Crippen LogP contribution is -1.82. The van der Waals surface area contributed by atoms with Crippen molar-refractivity contribution in [3.05, 3.63) is 23.2 Å². The normalized spacial score (nSPS) is 16.4. The van der Waals surface area contributed by atoms with Crippen LogP contribution in [0, 0.1) is 6.85 Å². The van der Waals surface area contributed by atoms with Gasteiger partial charge in [0.15, 0.2) is 0 Å². The van der Waals surface area contributed by atoms with E-state index in [1.54, 1.807) is 0 Å². The van der Waals surface area contributed by atoms with Crippen LogP contribution in [0.3, 0.4) is 0 Å². The van der Waals surface area contributed by atoms with E-state index >= 15 is 0 Å². The third-order valence-corrected chi connectivity index (χ3v) is 0.930. The molecule has 1 aromatic rings. The van der Waals surface area contributed by atoms with E-state index in [1.165, 1.54) is 12.4 Å². The molecule has 0 aliphatic carbocycles. The van der Waals surface area contributed by atoms with Crippen molar-refractivity contribution >= 4 is 11.6 Å². The highest BCUT2D eigenvalue weighted by Crippen LogP contribution is 2.04. The van der Waals surface area contributed by atoms with E-state index < -0.39 is 6.85 Å². The Hall–Kier alpha value is -0.630. The van der Waals surface area contributed by atoms with Crippen LogP contribution in [0.2, 0.25) is 5.15 Å². The van der Waals surface area contributed by atoms with Gasteiger partial charge in [-0.25, -0.2) is 4.98 Å². The summed E-state index contributed by atoms with van der Waals surface area (Å²) in [5.74, 6) is 0. The number of halogens is 1. The fourth-order valence-electron chi connectivity index (χ4n) is 0.321. The van der Waals surface area contributed by atoms with Crippen LogP contribution in [-0.2, 0) is 0 Å². The lowest BCUT2D eigenvalue weighted by Gasteiger charge is -1.89. The van der Waals surface area contributed by atoms with Gasteiger partial charge in [-0.3, -0.25) is 4.98 Å². The molecule has 2 nitrogen and oxygen atoms in total. The minimum Gasteiger partial charge on any atom is -0.257 e. The van der Waals surface area contributed by atoms with Crippen LogP contribution in [0.15, 0.2) is 12.4 Å². The standard InChI is InChI=1S/C5H5ClN2/c1-4-5(6)8-3-2-7-4/h2-3H,1H3/i1D3. The number of nitrogens with zero attached hydrogens (tertiary/aromatic N) is 2. The Morgan fingerprint density at radius 3 is 2.88 bits per heavy atom. The molecule has 0 aliphatic rings. The first-order chi connectivity index (χ1) is 5.02. The molecule has 1 heterocycles. The second-order valence-corrected chi connectivity index (χ2v) is 1.55. The average molecular weight is 132 g/mol. The molecule has 0 aliphatic heterocycles. The van der Waals surface area contributed by atoms with Gasteiger partial charge in [0, 0.05) is 16.5 Å². The van der Waals surface area contributed by atoms with E-state index in [2.05, 4.69) is 9.97 Å². The maximum absolute atomic E-state index is 6.96. The Labute approximate surface area is 56.8 Å². The summed E-state index contributed by atoms with van der Waals surface area (Å²) in [6, 6.07) is 0. The molecule has 1 rings (SSSR count). The number of rotatable bonds is 0. The summed E-state index contributed by atoms with van der Waals surface area (Å²) in [5.41, 5.74) is -0.151. The summed E-state index contributed by atoms with van der Waals surface area (Å²) < 4.78 is 20.9. The molecule has 0 bridgehead atoms. The summed E-state index contributed by atoms with van der Waals surface area (Å²) in [7, 11) is 0. The van der Waals surface area contributed by atoms with Crippen LogP contribution in [0.25, 0.3) is 0 Å². The van der Waals surface area contributed by atoms with Crippen LogP contribution >= 0.6 is 11.6 Å². The number of aryl methyl sites for hydroxylation is 1. The fourth-order valence-corrected chi connectivity index (χ4v) is 0.426. The first-order valence-corrected chi connectivity index (χ1v) is 2.36. The van der Waals surface area contributed by atoms with Gasteiger partial charge in [0.25, 0.3) is 0 Å². The quantitative estimate of drug-likeness (QED) is 0.533. The van der Waals surface area contributed by atoms with Gasteiger partial charge in [0.2, 0.25) is 0 Å². The summed E-state index contributed by atoms with van der Waals surface area (Å²) in [5, 5.41) is -0.0625. The van der Waals surface area contributed by atoms with Crippen LogP contribution in [-0.4, -0.2) is 9.97 Å². The summed E-state index contributed by atoms with van der Waals surface area (Å²) in [6.45, 7) is -2.27. The molecule has 0 unspecified atom stereocenters. The lowest BCUT2D eigenvalue weighted by molar-refractivity contribution is 1.12. The smallest absolute Gasteiger partial charge is 0.150 e. The van der Waals surface area contributed by atoms with Crippen molar-refractivity contribution in [2.24, 2.45) is 0 Å². The van der Waals surface area contributed by atoms with Gasteiger partial charge in [0.05, 0.1) is 5.69 Å². The minimum absolute atomic E-state index is 0.0625. The zero-order chi connectivity index (χ0) is 8.48. The van der Waals surface area contributed by atoms with Gasteiger partial charge in [-0.15, -0.1) is 0 Å². The van der Waals surface area contributed by atoms with Gasteiger partial charge >= 0.3 is 0 Å². The van der Waals surface area contributed by atoms with Gasteiger partial charge < -0.3 is 0 Å². The van der Waals surface area contributed by atoms with Gasteiger partial charge in [-0.2, -0.15) is 0 Å². The molecule has 3 heteroatoms. The second-order valence-electron chi connectivity index (χ2n) is 1.20. The maximum Gasteiger partial charge on any atom is 0.150 e. The van der Waals surface area contributed by atoms with Crippen molar-refractivity contribution in [1.82, 2.24) is 9.97 Å². The predicted molar refractivity (Wildman–Crippen MR) is 31.8 cm³/mol. The molecule has 1 aromatic heterocycles.